The van der Waals surface area contributed by atoms with Gasteiger partial charge in [0.05, 0.1) is 28.7 Å². The predicted molar refractivity (Wildman–Crippen MR) is 152 cm³/mol. The van der Waals surface area contributed by atoms with E-state index in [2.05, 4.69) is 10.3 Å². The summed E-state index contributed by atoms with van der Waals surface area (Å²) < 4.78 is 5.44. The Morgan fingerprint density at radius 1 is 1.20 bits per heavy atom. The van der Waals surface area contributed by atoms with Crippen LogP contribution in [0.2, 0.25) is 10.0 Å². The lowest BCUT2D eigenvalue weighted by molar-refractivity contribution is -0.176. The number of carbonyl (C=O) groups excluding carboxylic acids is 2. The zero-order chi connectivity index (χ0) is 28.2. The molecule has 0 radical (unpaired) electrons. The second kappa shape index (κ2) is 12.5. The van der Waals surface area contributed by atoms with Crippen molar-refractivity contribution in [1.82, 2.24) is 10.0 Å². The number of halogens is 2. The minimum absolute atomic E-state index is 0.00818. The minimum Gasteiger partial charge on any atom is -0.481 e. The van der Waals surface area contributed by atoms with E-state index in [9.17, 15) is 14.4 Å². The van der Waals surface area contributed by atoms with Gasteiger partial charge in [0, 0.05) is 34.4 Å². The molecule has 9 nitrogen and oxygen atoms in total. The number of hydrogen-bond acceptors (Lipinski definition) is 8. The molecule has 40 heavy (non-hydrogen) atoms. The number of aliphatic carboxylic acids is 1. The van der Waals surface area contributed by atoms with Crippen LogP contribution in [0.3, 0.4) is 0 Å². The second-order valence-corrected chi connectivity index (χ2v) is 11.3. The number of aryl methyl sites for hydroxylation is 1. The third kappa shape index (κ3) is 6.54. The van der Waals surface area contributed by atoms with Crippen LogP contribution in [0.5, 0.6) is 0 Å². The van der Waals surface area contributed by atoms with Gasteiger partial charge >= 0.3 is 5.97 Å². The van der Waals surface area contributed by atoms with Crippen LogP contribution in [0, 0.1) is 0 Å². The lowest BCUT2D eigenvalue weighted by Crippen LogP contribution is -2.27. The minimum atomic E-state index is -0.844. The SMILES string of the molecule is O=C(O)CCc1cnc([C@@H]2CCCN2OCC(=O)Cc2cc(Cl)c(NC(=O)c3coc4ccccc34)cc2Cl)s1. The molecule has 1 aliphatic heterocycles. The number of nitrogens with one attached hydrogen (secondary N) is 1. The van der Waals surface area contributed by atoms with Gasteiger partial charge in [-0.05, 0) is 43.0 Å². The number of thiazole rings is 1. The van der Waals surface area contributed by atoms with Gasteiger partial charge < -0.3 is 14.8 Å². The van der Waals surface area contributed by atoms with Gasteiger partial charge in [-0.1, -0.05) is 41.4 Å². The van der Waals surface area contributed by atoms with Crippen molar-refractivity contribution in [3.05, 3.63) is 79.9 Å². The number of para-hydroxylation sites is 1. The van der Waals surface area contributed by atoms with Crippen LogP contribution >= 0.6 is 34.5 Å². The standard InChI is InChI=1S/C28H25Cl2N3O6S/c29-21-12-23(32-27(37)20-15-38-25-6-2-1-4-19(20)25)22(30)11-16(21)10-17(34)14-39-33-9-3-5-24(33)28-31-13-18(40-28)7-8-26(35)36/h1-2,4,6,11-13,15,24H,3,5,7-10,14H2,(H,32,37)(H,35,36)/t24-/m0/s1. The number of fused-ring (bicyclic) bond motifs is 1. The highest BCUT2D eigenvalue weighted by molar-refractivity contribution is 7.11. The molecule has 2 aromatic heterocycles. The first kappa shape index (κ1) is 28.3. The summed E-state index contributed by atoms with van der Waals surface area (Å²) in [6, 6.07) is 10.2. The summed E-state index contributed by atoms with van der Waals surface area (Å²) in [4.78, 5) is 47.7. The summed E-state index contributed by atoms with van der Waals surface area (Å²) in [5.41, 5.74) is 1.81. The first-order valence-corrected chi connectivity index (χ1v) is 14.2. The smallest absolute Gasteiger partial charge is 0.303 e. The maximum Gasteiger partial charge on any atom is 0.303 e. The number of aromatic nitrogens is 1. The highest BCUT2D eigenvalue weighted by Gasteiger charge is 2.30. The van der Waals surface area contributed by atoms with Gasteiger partial charge in [0.15, 0.2) is 5.78 Å². The average molecular weight is 602 g/mol. The molecule has 1 saturated heterocycles. The molecule has 1 fully saturated rings. The van der Waals surface area contributed by atoms with Gasteiger partial charge in [-0.15, -0.1) is 11.3 Å². The Kier molecular flexibility index (Phi) is 8.82. The number of nitrogens with zero attached hydrogens (tertiary/aromatic N) is 2. The number of carbonyl (C=O) groups is 3. The number of ketones is 1. The average Bonchev–Trinajstić information content (AvgIpc) is 3.68. The summed E-state index contributed by atoms with van der Waals surface area (Å²) in [6.45, 7) is 0.517. The Bertz CT molecular complexity index is 1570. The zero-order valence-corrected chi connectivity index (χ0v) is 23.5. The Hall–Kier alpha value is -3.28. The number of hydroxylamine groups is 2. The van der Waals surface area contributed by atoms with Crippen LogP contribution in [0.25, 0.3) is 11.0 Å². The Morgan fingerprint density at radius 2 is 2.02 bits per heavy atom. The molecule has 1 atom stereocenters. The van der Waals surface area contributed by atoms with Crippen molar-refractivity contribution in [3.63, 3.8) is 0 Å². The molecule has 208 valence electrons. The van der Waals surface area contributed by atoms with Crippen molar-refractivity contribution in [2.75, 3.05) is 18.5 Å². The van der Waals surface area contributed by atoms with E-state index < -0.39 is 11.9 Å². The van der Waals surface area contributed by atoms with E-state index in [0.717, 1.165) is 22.7 Å². The van der Waals surface area contributed by atoms with Crippen molar-refractivity contribution in [2.24, 2.45) is 0 Å². The third-order valence-corrected chi connectivity index (χ3v) is 8.36. The first-order valence-electron chi connectivity index (χ1n) is 12.6. The second-order valence-electron chi connectivity index (χ2n) is 9.37. The molecule has 4 aromatic rings. The molecule has 0 aliphatic carbocycles. The lowest BCUT2D eigenvalue weighted by atomic mass is 10.1. The zero-order valence-electron chi connectivity index (χ0n) is 21.2. The Labute approximate surface area is 243 Å². The number of carboxylic acid groups (broad SMARTS) is 1. The molecule has 0 saturated carbocycles. The maximum absolute atomic E-state index is 12.8. The molecule has 12 heteroatoms. The van der Waals surface area contributed by atoms with Crippen LogP contribution in [0.4, 0.5) is 5.69 Å². The van der Waals surface area contributed by atoms with Crippen molar-refractivity contribution in [2.45, 2.75) is 38.1 Å². The van der Waals surface area contributed by atoms with E-state index in [4.69, 9.17) is 37.6 Å². The number of anilines is 1. The quantitative estimate of drug-likeness (QED) is 0.204. The van der Waals surface area contributed by atoms with E-state index in [1.807, 2.05) is 12.1 Å². The molecular formula is C28H25Cl2N3O6S. The molecule has 2 N–H and O–H groups in total. The number of carboxylic acids is 1. The fourth-order valence-corrected chi connectivity index (χ4v) is 6.06. The van der Waals surface area contributed by atoms with Crippen LogP contribution in [-0.2, 0) is 27.3 Å². The molecule has 0 spiro atoms. The monoisotopic (exact) mass is 601 g/mol. The van der Waals surface area contributed by atoms with Crippen LogP contribution in [0.1, 0.15) is 51.1 Å². The molecule has 2 aromatic carbocycles. The summed E-state index contributed by atoms with van der Waals surface area (Å²) in [6.07, 6.45) is 5.33. The number of rotatable bonds is 11. The summed E-state index contributed by atoms with van der Waals surface area (Å²) >= 11 is 14.4. The highest BCUT2D eigenvalue weighted by atomic mass is 35.5. The fourth-order valence-electron chi connectivity index (χ4n) is 4.54. The molecule has 5 rings (SSSR count). The van der Waals surface area contributed by atoms with Gasteiger partial charge in [0.1, 0.15) is 23.5 Å². The third-order valence-electron chi connectivity index (χ3n) is 6.53. The van der Waals surface area contributed by atoms with E-state index in [0.29, 0.717) is 45.8 Å². The van der Waals surface area contributed by atoms with Crippen molar-refractivity contribution >= 4 is 68.9 Å². The number of hydrogen-bond donors (Lipinski definition) is 2. The Morgan fingerprint density at radius 3 is 2.85 bits per heavy atom. The number of furan rings is 1. The molecule has 3 heterocycles. The normalized spacial score (nSPS) is 15.5. The fraction of sp³-hybridized carbons (Fsp3) is 0.286. The number of benzene rings is 2. The molecule has 1 aliphatic rings. The van der Waals surface area contributed by atoms with Gasteiger partial charge in [-0.2, -0.15) is 5.06 Å². The summed E-state index contributed by atoms with van der Waals surface area (Å²) in [7, 11) is 0. The number of Topliss-reactive ketones (excluding diaryl/α,β-unsaturated/α-hetero) is 1. The van der Waals surface area contributed by atoms with Crippen LogP contribution < -0.4 is 5.32 Å². The van der Waals surface area contributed by atoms with E-state index in [1.165, 1.54) is 23.7 Å². The van der Waals surface area contributed by atoms with Gasteiger partial charge in [-0.25, -0.2) is 4.98 Å². The molecule has 0 bridgehead atoms. The lowest BCUT2D eigenvalue weighted by Gasteiger charge is -2.21. The van der Waals surface area contributed by atoms with E-state index >= 15 is 0 Å². The van der Waals surface area contributed by atoms with E-state index in [-0.39, 0.29) is 36.3 Å². The molecule has 1 amide bonds. The Balaban J connectivity index is 1.17. The van der Waals surface area contributed by atoms with Crippen molar-refractivity contribution in [3.8, 4) is 0 Å². The molecular weight excluding hydrogens is 577 g/mol. The summed E-state index contributed by atoms with van der Waals surface area (Å²) in [5, 5.41) is 15.5. The topological polar surface area (TPSA) is 122 Å². The first-order chi connectivity index (χ1) is 19.3. The van der Waals surface area contributed by atoms with Crippen LogP contribution in [0.15, 0.2) is 53.3 Å². The van der Waals surface area contributed by atoms with Crippen molar-refractivity contribution < 1.29 is 28.7 Å². The predicted octanol–water partition coefficient (Wildman–Crippen LogP) is 6.35. The van der Waals surface area contributed by atoms with Crippen LogP contribution in [-0.4, -0.2) is 46.0 Å². The highest BCUT2D eigenvalue weighted by Crippen LogP contribution is 2.35. The van der Waals surface area contributed by atoms with E-state index in [1.54, 1.807) is 29.5 Å². The van der Waals surface area contributed by atoms with Crippen molar-refractivity contribution in [1.29, 1.82) is 0 Å². The largest absolute Gasteiger partial charge is 0.481 e. The maximum atomic E-state index is 12.8. The van der Waals surface area contributed by atoms with Gasteiger partial charge in [-0.3, -0.25) is 19.2 Å². The van der Waals surface area contributed by atoms with Gasteiger partial charge in [0.25, 0.3) is 5.91 Å². The number of amides is 1. The molecule has 0 unspecified atom stereocenters. The summed E-state index contributed by atoms with van der Waals surface area (Å²) in [5.74, 6) is -1.43. The van der Waals surface area contributed by atoms with Gasteiger partial charge in [0.2, 0.25) is 0 Å².